The first-order valence-corrected chi connectivity index (χ1v) is 7.04. The Morgan fingerprint density at radius 2 is 2.00 bits per heavy atom. The van der Waals surface area contributed by atoms with E-state index in [2.05, 4.69) is 5.32 Å². The second-order valence-corrected chi connectivity index (χ2v) is 5.84. The third-order valence-electron chi connectivity index (χ3n) is 3.33. The van der Waals surface area contributed by atoms with Crippen molar-refractivity contribution < 1.29 is 19.4 Å². The van der Waals surface area contributed by atoms with Crippen LogP contribution in [0, 0.1) is 5.41 Å². The fourth-order valence-corrected chi connectivity index (χ4v) is 2.12. The monoisotopic (exact) mass is 315 g/mol. The van der Waals surface area contributed by atoms with Crippen molar-refractivity contribution in [1.29, 1.82) is 0 Å². The Morgan fingerprint density at radius 3 is 2.52 bits per heavy atom. The molecule has 1 rings (SSSR count). The summed E-state index contributed by atoms with van der Waals surface area (Å²) in [6, 6.07) is 3.65. The van der Waals surface area contributed by atoms with Gasteiger partial charge in [-0.15, -0.1) is 0 Å². The summed E-state index contributed by atoms with van der Waals surface area (Å²) in [5.41, 5.74) is 0.216. The molecule has 0 aliphatic carbocycles. The molecule has 0 spiro atoms. The van der Waals surface area contributed by atoms with Gasteiger partial charge in [0.05, 0.1) is 24.7 Å². The highest BCUT2D eigenvalue weighted by molar-refractivity contribution is 6.32. The van der Waals surface area contributed by atoms with Gasteiger partial charge in [-0.1, -0.05) is 11.6 Å². The zero-order valence-electron chi connectivity index (χ0n) is 12.8. The van der Waals surface area contributed by atoms with Crippen molar-refractivity contribution in [3.05, 3.63) is 22.7 Å². The molecule has 0 saturated heterocycles. The van der Waals surface area contributed by atoms with E-state index >= 15 is 0 Å². The number of carbonyl (C=O) groups is 1. The number of aliphatic carboxylic acids is 1. The predicted octanol–water partition coefficient (Wildman–Crippen LogP) is 2.95. The number of carboxylic acids is 1. The average molecular weight is 316 g/mol. The van der Waals surface area contributed by atoms with E-state index in [1.54, 1.807) is 27.0 Å². The van der Waals surface area contributed by atoms with E-state index in [-0.39, 0.29) is 0 Å². The number of ether oxygens (including phenoxy) is 2. The summed E-state index contributed by atoms with van der Waals surface area (Å²) in [5, 5.41) is 12.7. The maximum Gasteiger partial charge on any atom is 0.309 e. The maximum absolute atomic E-state index is 11.0. The van der Waals surface area contributed by atoms with Crippen LogP contribution in [0.5, 0.6) is 11.5 Å². The molecule has 0 aliphatic heterocycles. The maximum atomic E-state index is 11.0. The lowest BCUT2D eigenvalue weighted by Crippen LogP contribution is -2.28. The van der Waals surface area contributed by atoms with Gasteiger partial charge in [0.15, 0.2) is 11.5 Å². The van der Waals surface area contributed by atoms with Gasteiger partial charge in [0.2, 0.25) is 0 Å². The molecule has 118 valence electrons. The Labute approximate surface area is 130 Å². The van der Waals surface area contributed by atoms with Crippen LogP contribution in [-0.2, 0) is 11.3 Å². The summed E-state index contributed by atoms with van der Waals surface area (Å²) in [4.78, 5) is 11.0. The molecule has 2 N–H and O–H groups in total. The van der Waals surface area contributed by atoms with Crippen molar-refractivity contribution in [2.75, 3.05) is 20.8 Å². The number of methoxy groups -OCH3 is 2. The second-order valence-electron chi connectivity index (χ2n) is 5.43. The van der Waals surface area contributed by atoms with Crippen LogP contribution >= 0.6 is 11.6 Å². The Kier molecular flexibility index (Phi) is 6.30. The SMILES string of the molecule is COc1cc(CNCCC(C)(C)C(=O)O)cc(Cl)c1OC. The lowest BCUT2D eigenvalue weighted by Gasteiger charge is -2.19. The summed E-state index contributed by atoms with van der Waals surface area (Å²) in [6.07, 6.45) is 0.545. The highest BCUT2D eigenvalue weighted by Gasteiger charge is 2.26. The van der Waals surface area contributed by atoms with Crippen LogP contribution in [0.1, 0.15) is 25.8 Å². The summed E-state index contributed by atoms with van der Waals surface area (Å²) in [5.74, 6) is 0.293. The fraction of sp³-hybridized carbons (Fsp3) is 0.533. The van der Waals surface area contributed by atoms with Gasteiger partial charge >= 0.3 is 5.97 Å². The van der Waals surface area contributed by atoms with Crippen molar-refractivity contribution in [3.8, 4) is 11.5 Å². The first-order valence-electron chi connectivity index (χ1n) is 6.66. The molecule has 1 aromatic carbocycles. The Balaban J connectivity index is 2.61. The number of benzene rings is 1. The van der Waals surface area contributed by atoms with Crippen LogP contribution in [0.15, 0.2) is 12.1 Å². The molecular weight excluding hydrogens is 294 g/mol. The number of rotatable bonds is 8. The molecule has 0 fully saturated rings. The molecule has 0 saturated carbocycles. The van der Waals surface area contributed by atoms with E-state index in [1.807, 2.05) is 6.07 Å². The lowest BCUT2D eigenvalue weighted by molar-refractivity contribution is -0.147. The molecule has 0 heterocycles. The van der Waals surface area contributed by atoms with Gasteiger partial charge in [-0.25, -0.2) is 0 Å². The van der Waals surface area contributed by atoms with Gasteiger partial charge in [0, 0.05) is 6.54 Å². The fourth-order valence-electron chi connectivity index (χ4n) is 1.81. The smallest absolute Gasteiger partial charge is 0.309 e. The molecule has 6 heteroatoms. The van der Waals surface area contributed by atoms with Crippen LogP contribution in [-0.4, -0.2) is 31.8 Å². The van der Waals surface area contributed by atoms with Gasteiger partial charge in [-0.2, -0.15) is 0 Å². The normalized spacial score (nSPS) is 11.3. The topological polar surface area (TPSA) is 67.8 Å². The van der Waals surface area contributed by atoms with Gasteiger partial charge in [-0.3, -0.25) is 4.79 Å². The zero-order chi connectivity index (χ0) is 16.0. The van der Waals surface area contributed by atoms with E-state index in [1.165, 1.54) is 7.11 Å². The number of hydrogen-bond donors (Lipinski definition) is 2. The highest BCUT2D eigenvalue weighted by Crippen LogP contribution is 2.35. The van der Waals surface area contributed by atoms with Crippen LogP contribution in [0.2, 0.25) is 5.02 Å². The highest BCUT2D eigenvalue weighted by atomic mass is 35.5. The van der Waals surface area contributed by atoms with E-state index in [4.69, 9.17) is 26.2 Å². The summed E-state index contributed by atoms with van der Waals surface area (Å²) < 4.78 is 10.4. The molecule has 0 aliphatic rings. The lowest BCUT2D eigenvalue weighted by atomic mass is 9.90. The van der Waals surface area contributed by atoms with Crippen molar-refractivity contribution in [1.82, 2.24) is 5.32 Å². The molecule has 1 aromatic rings. The van der Waals surface area contributed by atoms with Crippen LogP contribution < -0.4 is 14.8 Å². The van der Waals surface area contributed by atoms with Gasteiger partial charge in [0.1, 0.15) is 0 Å². The molecule has 0 bridgehead atoms. The third-order valence-corrected chi connectivity index (χ3v) is 3.61. The van der Waals surface area contributed by atoms with E-state index < -0.39 is 11.4 Å². The molecule has 5 nitrogen and oxygen atoms in total. The summed E-state index contributed by atoms with van der Waals surface area (Å²) in [7, 11) is 3.09. The third kappa shape index (κ3) is 4.79. The Morgan fingerprint density at radius 1 is 1.33 bits per heavy atom. The van der Waals surface area contributed by atoms with Crippen LogP contribution in [0.25, 0.3) is 0 Å². The number of hydrogen-bond acceptors (Lipinski definition) is 4. The van der Waals surface area contributed by atoms with Crippen molar-refractivity contribution in [2.45, 2.75) is 26.8 Å². The molecule has 21 heavy (non-hydrogen) atoms. The van der Waals surface area contributed by atoms with Crippen LogP contribution in [0.4, 0.5) is 0 Å². The minimum atomic E-state index is -0.793. The first-order chi connectivity index (χ1) is 9.81. The summed E-state index contributed by atoms with van der Waals surface area (Å²) >= 11 is 6.13. The molecule has 0 aromatic heterocycles. The predicted molar refractivity (Wildman–Crippen MR) is 82.3 cm³/mol. The standard InChI is InChI=1S/C15H22ClNO4/c1-15(2,14(18)19)5-6-17-9-10-7-11(16)13(21-4)12(8-10)20-3/h7-8,17H,5-6,9H2,1-4H3,(H,18,19). The summed E-state index contributed by atoms with van der Waals surface area (Å²) in [6.45, 7) is 4.61. The molecule has 0 atom stereocenters. The zero-order valence-corrected chi connectivity index (χ0v) is 13.6. The number of halogens is 1. The minimum absolute atomic E-state index is 0.486. The minimum Gasteiger partial charge on any atom is -0.493 e. The average Bonchev–Trinajstić information content (AvgIpc) is 2.42. The largest absolute Gasteiger partial charge is 0.493 e. The molecule has 0 amide bonds. The molecular formula is C15H22ClNO4. The van der Waals surface area contributed by atoms with Gasteiger partial charge < -0.3 is 19.9 Å². The molecule has 0 radical (unpaired) electrons. The Hall–Kier alpha value is -1.46. The van der Waals surface area contributed by atoms with Crippen molar-refractivity contribution in [2.24, 2.45) is 5.41 Å². The van der Waals surface area contributed by atoms with Crippen LogP contribution in [0.3, 0.4) is 0 Å². The van der Waals surface area contributed by atoms with E-state index in [0.29, 0.717) is 36.0 Å². The van der Waals surface area contributed by atoms with Crippen molar-refractivity contribution >= 4 is 17.6 Å². The Bertz CT molecular complexity index is 503. The van der Waals surface area contributed by atoms with Crippen molar-refractivity contribution in [3.63, 3.8) is 0 Å². The first kappa shape index (κ1) is 17.6. The number of nitrogens with one attached hydrogen (secondary N) is 1. The molecule has 0 unspecified atom stereocenters. The second kappa shape index (κ2) is 7.52. The quantitative estimate of drug-likeness (QED) is 0.722. The van der Waals surface area contributed by atoms with Gasteiger partial charge in [-0.05, 0) is 44.5 Å². The number of carboxylic acid groups (broad SMARTS) is 1. The van der Waals surface area contributed by atoms with E-state index in [0.717, 1.165) is 5.56 Å². The van der Waals surface area contributed by atoms with Gasteiger partial charge in [0.25, 0.3) is 0 Å². The van der Waals surface area contributed by atoms with E-state index in [9.17, 15) is 4.79 Å².